The molecular weight excluding hydrogens is 340 g/mol. The second kappa shape index (κ2) is 6.02. The van der Waals surface area contributed by atoms with Gasteiger partial charge >= 0.3 is 5.97 Å². The van der Waals surface area contributed by atoms with Crippen LogP contribution in [0.25, 0.3) is 0 Å². The molecule has 6 atom stereocenters. The summed E-state index contributed by atoms with van der Waals surface area (Å²) in [5.41, 5.74) is 0.266. The molecule has 4 heteroatoms. The molecule has 0 saturated heterocycles. The van der Waals surface area contributed by atoms with Crippen LogP contribution in [-0.4, -0.2) is 23.1 Å². The van der Waals surface area contributed by atoms with Crippen LogP contribution in [0, 0.1) is 28.6 Å². The highest BCUT2D eigenvalue weighted by molar-refractivity contribution is 5.91. The van der Waals surface area contributed by atoms with Crippen molar-refractivity contribution in [3.05, 3.63) is 11.6 Å². The van der Waals surface area contributed by atoms with E-state index in [0.29, 0.717) is 30.6 Å². The Kier molecular flexibility index (Phi) is 4.21. The molecule has 0 amide bonds. The molecule has 4 nitrogen and oxygen atoms in total. The summed E-state index contributed by atoms with van der Waals surface area (Å²) >= 11 is 0. The number of fused-ring (bicyclic) bond motifs is 5. The van der Waals surface area contributed by atoms with Gasteiger partial charge in [-0.25, -0.2) is 0 Å². The number of ketones is 2. The molecule has 0 bridgehead atoms. The van der Waals surface area contributed by atoms with E-state index in [1.54, 1.807) is 6.92 Å². The second-order valence-corrected chi connectivity index (χ2v) is 9.94. The van der Waals surface area contributed by atoms with Crippen LogP contribution in [0.15, 0.2) is 11.6 Å². The highest BCUT2D eigenvalue weighted by atomic mass is 16.6. The molecule has 4 rings (SSSR count). The lowest BCUT2D eigenvalue weighted by Crippen LogP contribution is -2.58. The zero-order valence-electron chi connectivity index (χ0n) is 17.1. The maximum absolute atomic E-state index is 12.7. The molecule has 0 spiro atoms. The fourth-order valence-corrected chi connectivity index (χ4v) is 7.62. The molecule has 0 aromatic carbocycles. The maximum atomic E-state index is 12.7. The Morgan fingerprint density at radius 1 is 1.00 bits per heavy atom. The van der Waals surface area contributed by atoms with E-state index in [1.165, 1.54) is 12.5 Å². The predicted octanol–water partition coefficient (Wildman–Crippen LogP) is 4.41. The SMILES string of the molecule is CC(=O)O[C@]1(C(C)=O)CCC2C3CCC4=CC(=O)CCC4(C)C3CCC21C. The van der Waals surface area contributed by atoms with E-state index in [0.717, 1.165) is 38.5 Å². The van der Waals surface area contributed by atoms with E-state index in [9.17, 15) is 14.4 Å². The van der Waals surface area contributed by atoms with E-state index >= 15 is 0 Å². The lowest BCUT2D eigenvalue weighted by Gasteiger charge is -2.59. The van der Waals surface area contributed by atoms with Gasteiger partial charge in [-0.1, -0.05) is 19.4 Å². The van der Waals surface area contributed by atoms with Crippen molar-refractivity contribution in [2.24, 2.45) is 28.6 Å². The first-order valence-corrected chi connectivity index (χ1v) is 10.6. The predicted molar refractivity (Wildman–Crippen MR) is 102 cm³/mol. The Morgan fingerprint density at radius 3 is 2.37 bits per heavy atom. The molecule has 4 aliphatic rings. The minimum Gasteiger partial charge on any atom is -0.451 e. The number of allylic oxidation sites excluding steroid dienone is 1. The summed E-state index contributed by atoms with van der Waals surface area (Å²) < 4.78 is 5.81. The van der Waals surface area contributed by atoms with Crippen LogP contribution in [0.1, 0.15) is 79.1 Å². The molecule has 0 aliphatic heterocycles. The third-order valence-electron chi connectivity index (χ3n) is 8.97. The van der Waals surface area contributed by atoms with Gasteiger partial charge in [0.1, 0.15) is 0 Å². The van der Waals surface area contributed by atoms with Crippen molar-refractivity contribution in [3.63, 3.8) is 0 Å². The number of rotatable bonds is 2. The zero-order valence-corrected chi connectivity index (χ0v) is 17.1. The molecule has 5 unspecified atom stereocenters. The largest absolute Gasteiger partial charge is 0.451 e. The monoisotopic (exact) mass is 372 g/mol. The minimum absolute atomic E-state index is 0.00650. The average Bonchev–Trinajstić information content (AvgIpc) is 2.89. The lowest BCUT2D eigenvalue weighted by atomic mass is 9.46. The number of ether oxygens (including phenoxy) is 1. The van der Waals surface area contributed by atoms with Crippen LogP contribution in [-0.2, 0) is 19.1 Å². The standard InChI is InChI=1S/C23H32O4/c1-14(24)23(27-15(2)25)12-9-20-18-6-5-16-13-17(26)7-10-21(16,3)19(18)8-11-22(20,23)4/h13,18-20H,5-12H2,1-4H3/t18?,19?,20?,21?,22?,23-/m0/s1. The van der Waals surface area contributed by atoms with Crippen LogP contribution in [0.5, 0.6) is 0 Å². The molecule has 148 valence electrons. The van der Waals surface area contributed by atoms with Crippen molar-refractivity contribution in [2.45, 2.75) is 84.7 Å². The summed E-state index contributed by atoms with van der Waals surface area (Å²) in [5.74, 6) is 1.48. The molecule has 4 aliphatic carbocycles. The van der Waals surface area contributed by atoms with E-state index in [4.69, 9.17) is 4.74 Å². The Bertz CT molecular complexity index is 737. The molecule has 3 saturated carbocycles. The van der Waals surface area contributed by atoms with Gasteiger partial charge in [0.15, 0.2) is 17.2 Å². The van der Waals surface area contributed by atoms with Gasteiger partial charge in [0.05, 0.1) is 0 Å². The van der Waals surface area contributed by atoms with Gasteiger partial charge in [-0.15, -0.1) is 0 Å². The molecule has 3 fully saturated rings. The third-order valence-corrected chi connectivity index (χ3v) is 8.97. The van der Waals surface area contributed by atoms with Gasteiger partial charge < -0.3 is 4.74 Å². The van der Waals surface area contributed by atoms with Crippen molar-refractivity contribution in [1.82, 2.24) is 0 Å². The van der Waals surface area contributed by atoms with Crippen LogP contribution < -0.4 is 0 Å². The summed E-state index contributed by atoms with van der Waals surface area (Å²) in [5, 5.41) is 0. The van der Waals surface area contributed by atoms with Gasteiger partial charge in [0.2, 0.25) is 0 Å². The summed E-state index contributed by atoms with van der Waals surface area (Å²) in [6.07, 6.45) is 9.23. The van der Waals surface area contributed by atoms with Crippen molar-refractivity contribution in [1.29, 1.82) is 0 Å². The number of hydrogen-bond donors (Lipinski definition) is 0. The normalized spacial score (nSPS) is 46.0. The Labute approximate surface area is 162 Å². The molecule has 0 aromatic rings. The Balaban J connectivity index is 1.70. The molecular formula is C23H32O4. The van der Waals surface area contributed by atoms with Gasteiger partial charge in [-0.2, -0.15) is 0 Å². The van der Waals surface area contributed by atoms with Gasteiger partial charge in [-0.3, -0.25) is 14.4 Å². The quantitative estimate of drug-likeness (QED) is 0.674. The van der Waals surface area contributed by atoms with Crippen molar-refractivity contribution in [3.8, 4) is 0 Å². The summed E-state index contributed by atoms with van der Waals surface area (Å²) in [6.45, 7) is 7.58. The minimum atomic E-state index is -0.950. The van der Waals surface area contributed by atoms with Crippen LogP contribution >= 0.6 is 0 Å². The smallest absolute Gasteiger partial charge is 0.303 e. The first-order chi connectivity index (χ1) is 12.6. The second-order valence-electron chi connectivity index (χ2n) is 9.94. The first kappa shape index (κ1) is 18.9. The number of hydrogen-bond acceptors (Lipinski definition) is 4. The summed E-state index contributed by atoms with van der Waals surface area (Å²) in [7, 11) is 0. The van der Waals surface area contributed by atoms with E-state index in [-0.39, 0.29) is 28.4 Å². The van der Waals surface area contributed by atoms with Gasteiger partial charge in [0.25, 0.3) is 0 Å². The van der Waals surface area contributed by atoms with E-state index in [2.05, 4.69) is 13.8 Å². The molecule has 27 heavy (non-hydrogen) atoms. The fraction of sp³-hybridized carbons (Fsp3) is 0.783. The number of esters is 1. The Hall–Kier alpha value is -1.45. The number of Topliss-reactive ketones (excluding diaryl/α,β-unsaturated/α-hetero) is 1. The molecule has 0 N–H and O–H groups in total. The summed E-state index contributed by atoms with van der Waals surface area (Å²) in [6, 6.07) is 0. The first-order valence-electron chi connectivity index (χ1n) is 10.6. The van der Waals surface area contributed by atoms with Gasteiger partial charge in [-0.05, 0) is 81.1 Å². The van der Waals surface area contributed by atoms with Crippen molar-refractivity contribution in [2.75, 3.05) is 0 Å². The highest BCUT2D eigenvalue weighted by Crippen LogP contribution is 2.68. The number of carbonyl (C=O) groups is 3. The Morgan fingerprint density at radius 2 is 1.70 bits per heavy atom. The van der Waals surface area contributed by atoms with Crippen LogP contribution in [0.2, 0.25) is 0 Å². The van der Waals surface area contributed by atoms with Crippen molar-refractivity contribution >= 4 is 17.5 Å². The topological polar surface area (TPSA) is 60.4 Å². The van der Waals surface area contributed by atoms with Crippen molar-refractivity contribution < 1.29 is 19.1 Å². The maximum Gasteiger partial charge on any atom is 0.303 e. The zero-order chi connectivity index (χ0) is 19.6. The summed E-state index contributed by atoms with van der Waals surface area (Å²) in [4.78, 5) is 36.5. The molecule has 0 heterocycles. The third kappa shape index (κ3) is 2.44. The molecule has 0 radical (unpaired) electrons. The number of carbonyl (C=O) groups excluding carboxylic acids is 3. The molecule has 0 aromatic heterocycles. The average molecular weight is 373 g/mol. The lowest BCUT2D eigenvalue weighted by molar-refractivity contribution is -0.187. The van der Waals surface area contributed by atoms with E-state index in [1.807, 2.05) is 6.08 Å². The van der Waals surface area contributed by atoms with Gasteiger partial charge in [0, 0.05) is 18.8 Å². The highest BCUT2D eigenvalue weighted by Gasteiger charge is 2.67. The van der Waals surface area contributed by atoms with Crippen LogP contribution in [0.4, 0.5) is 0 Å². The van der Waals surface area contributed by atoms with E-state index < -0.39 is 5.60 Å². The fourth-order valence-electron chi connectivity index (χ4n) is 7.62. The van der Waals surface area contributed by atoms with Crippen LogP contribution in [0.3, 0.4) is 0 Å².